The maximum atomic E-state index is 13.6. The van der Waals surface area contributed by atoms with Crippen molar-refractivity contribution in [1.82, 2.24) is 14.8 Å². The van der Waals surface area contributed by atoms with E-state index in [9.17, 15) is 9.90 Å². The van der Waals surface area contributed by atoms with Crippen molar-refractivity contribution in [1.29, 1.82) is 0 Å². The Labute approximate surface area is 202 Å². The van der Waals surface area contributed by atoms with Crippen LogP contribution in [-0.2, 0) is 16.1 Å². The van der Waals surface area contributed by atoms with E-state index in [-0.39, 0.29) is 11.3 Å². The fourth-order valence-corrected chi connectivity index (χ4v) is 9.19. The molecule has 2 heterocycles. The SMILES string of the molecule is COC[C@@]1(O)CC[C@H]2C(CC[C@@H]3[C@@H]2CC[C@]2(C)[C@@H](C(=O)Cn4ncc5ncccc54)CC[C@@H]32)C1. The van der Waals surface area contributed by atoms with Crippen molar-refractivity contribution >= 4 is 16.8 Å². The van der Waals surface area contributed by atoms with Crippen LogP contribution >= 0.6 is 0 Å². The lowest BCUT2D eigenvalue weighted by atomic mass is 9.49. The summed E-state index contributed by atoms with van der Waals surface area (Å²) in [7, 11) is 1.70. The molecule has 1 N–H and O–H groups in total. The average molecular weight is 466 g/mol. The Hall–Kier alpha value is -1.79. The van der Waals surface area contributed by atoms with Gasteiger partial charge in [-0.3, -0.25) is 14.5 Å². The summed E-state index contributed by atoms with van der Waals surface area (Å²) in [5.41, 5.74) is 1.30. The number of aromatic nitrogens is 3. The van der Waals surface area contributed by atoms with Crippen LogP contribution in [0.2, 0.25) is 0 Å². The number of ether oxygens (including phenoxy) is 1. The molecule has 8 atom stereocenters. The molecule has 0 amide bonds. The minimum absolute atomic E-state index is 0.123. The molecule has 2 aromatic heterocycles. The molecule has 0 saturated heterocycles. The number of carbonyl (C=O) groups excluding carboxylic acids is 1. The van der Waals surface area contributed by atoms with E-state index < -0.39 is 5.60 Å². The Morgan fingerprint density at radius 1 is 1.15 bits per heavy atom. The first-order valence-electron chi connectivity index (χ1n) is 13.4. The molecular formula is C28H39N3O3. The van der Waals surface area contributed by atoms with Gasteiger partial charge in [-0.1, -0.05) is 6.92 Å². The van der Waals surface area contributed by atoms with Gasteiger partial charge in [0.1, 0.15) is 12.1 Å². The van der Waals surface area contributed by atoms with Crippen LogP contribution in [0.1, 0.15) is 64.7 Å². The molecule has 0 bridgehead atoms. The fourth-order valence-electron chi connectivity index (χ4n) is 9.19. The molecule has 4 saturated carbocycles. The first kappa shape index (κ1) is 22.7. The van der Waals surface area contributed by atoms with Crippen molar-refractivity contribution in [2.75, 3.05) is 13.7 Å². The van der Waals surface area contributed by atoms with E-state index in [1.54, 1.807) is 19.5 Å². The summed E-state index contributed by atoms with van der Waals surface area (Å²) >= 11 is 0. The minimum Gasteiger partial charge on any atom is -0.387 e. The summed E-state index contributed by atoms with van der Waals surface area (Å²) in [5.74, 6) is 4.08. The zero-order chi connectivity index (χ0) is 23.5. The van der Waals surface area contributed by atoms with Gasteiger partial charge < -0.3 is 9.84 Å². The number of rotatable bonds is 5. The number of nitrogens with zero attached hydrogens (tertiary/aromatic N) is 3. The molecule has 6 nitrogen and oxygen atoms in total. The van der Waals surface area contributed by atoms with E-state index >= 15 is 0 Å². The number of Topliss-reactive ketones (excluding diaryl/α,β-unsaturated/α-hetero) is 1. The van der Waals surface area contributed by atoms with Gasteiger partial charge in [-0.05, 0) is 105 Å². The molecule has 0 spiro atoms. The van der Waals surface area contributed by atoms with Crippen LogP contribution in [0, 0.1) is 40.9 Å². The maximum absolute atomic E-state index is 13.6. The second-order valence-corrected chi connectivity index (χ2v) is 12.2. The lowest BCUT2D eigenvalue weighted by Gasteiger charge is -2.57. The topological polar surface area (TPSA) is 77.2 Å². The third-order valence-electron chi connectivity index (χ3n) is 10.6. The highest BCUT2D eigenvalue weighted by Gasteiger charge is 2.59. The largest absolute Gasteiger partial charge is 0.387 e. The third-order valence-corrected chi connectivity index (χ3v) is 10.6. The second-order valence-electron chi connectivity index (χ2n) is 12.2. The first-order chi connectivity index (χ1) is 16.4. The van der Waals surface area contributed by atoms with Gasteiger partial charge in [0.15, 0.2) is 5.78 Å². The third kappa shape index (κ3) is 3.55. The Kier molecular flexibility index (Phi) is 5.60. The van der Waals surface area contributed by atoms with Gasteiger partial charge >= 0.3 is 0 Å². The number of pyridine rings is 1. The Bertz CT molecular complexity index is 1070. The van der Waals surface area contributed by atoms with Crippen molar-refractivity contribution in [3.63, 3.8) is 0 Å². The van der Waals surface area contributed by atoms with Crippen LogP contribution in [0.15, 0.2) is 24.5 Å². The number of fused-ring (bicyclic) bond motifs is 6. The van der Waals surface area contributed by atoms with Crippen molar-refractivity contribution in [2.45, 2.75) is 76.9 Å². The predicted molar refractivity (Wildman–Crippen MR) is 130 cm³/mol. The summed E-state index contributed by atoms with van der Waals surface area (Å²) < 4.78 is 7.19. The van der Waals surface area contributed by atoms with Crippen molar-refractivity contribution < 1.29 is 14.6 Å². The van der Waals surface area contributed by atoms with E-state index in [2.05, 4.69) is 17.0 Å². The smallest absolute Gasteiger partial charge is 0.157 e. The molecule has 4 fully saturated rings. The number of ketones is 1. The van der Waals surface area contributed by atoms with Crippen LogP contribution in [-0.4, -0.2) is 45.0 Å². The number of hydrogen-bond donors (Lipinski definition) is 1. The summed E-state index contributed by atoms with van der Waals surface area (Å²) in [5, 5.41) is 15.5. The van der Waals surface area contributed by atoms with E-state index in [0.717, 1.165) is 54.5 Å². The highest BCUT2D eigenvalue weighted by Crippen LogP contribution is 2.64. The fraction of sp³-hybridized carbons (Fsp3) is 0.750. The van der Waals surface area contributed by atoms with Gasteiger partial charge in [0.2, 0.25) is 0 Å². The standard InChI is InChI=1S/C28H39N3O3/c1-27-11-9-20-19-10-12-28(33,17-34-2)14-18(19)5-6-21(20)22(27)7-8-23(27)26(32)16-31-25-4-3-13-29-24(25)15-30-31/h3-4,13,15,18-23,33H,5-12,14,16-17H2,1-2H3/t18?,19-,20+,21+,22-,23+,27-,28+/m0/s1. The van der Waals surface area contributed by atoms with Crippen LogP contribution in [0.3, 0.4) is 0 Å². The monoisotopic (exact) mass is 465 g/mol. The van der Waals surface area contributed by atoms with Gasteiger partial charge in [-0.15, -0.1) is 0 Å². The predicted octanol–water partition coefficient (Wildman–Crippen LogP) is 4.65. The van der Waals surface area contributed by atoms with Crippen LogP contribution in [0.25, 0.3) is 11.0 Å². The molecule has 4 aliphatic carbocycles. The maximum Gasteiger partial charge on any atom is 0.157 e. The van der Waals surface area contributed by atoms with Gasteiger partial charge in [-0.25, -0.2) is 0 Å². The average Bonchev–Trinajstić information content (AvgIpc) is 3.39. The molecule has 4 aliphatic rings. The lowest BCUT2D eigenvalue weighted by molar-refractivity contribution is -0.136. The molecule has 34 heavy (non-hydrogen) atoms. The molecule has 6 heteroatoms. The highest BCUT2D eigenvalue weighted by molar-refractivity contribution is 5.84. The van der Waals surface area contributed by atoms with E-state index in [1.807, 2.05) is 16.8 Å². The van der Waals surface area contributed by atoms with Gasteiger partial charge in [0.05, 0.1) is 23.9 Å². The normalized spacial score (nSPS) is 41.6. The summed E-state index contributed by atoms with van der Waals surface area (Å²) in [6.07, 6.45) is 13.6. The quantitative estimate of drug-likeness (QED) is 0.696. The Balaban J connectivity index is 1.17. The zero-order valence-corrected chi connectivity index (χ0v) is 20.7. The second kappa shape index (κ2) is 8.41. The van der Waals surface area contributed by atoms with Crippen molar-refractivity contribution in [3.8, 4) is 0 Å². The molecular weight excluding hydrogens is 426 g/mol. The molecule has 0 radical (unpaired) electrons. The number of carbonyl (C=O) groups is 1. The Morgan fingerprint density at radius 2 is 2.00 bits per heavy atom. The lowest BCUT2D eigenvalue weighted by Crippen LogP contribution is -2.52. The number of methoxy groups -OCH3 is 1. The van der Waals surface area contributed by atoms with E-state index in [4.69, 9.17) is 4.74 Å². The highest BCUT2D eigenvalue weighted by atomic mass is 16.5. The summed E-state index contributed by atoms with van der Waals surface area (Å²) in [6.45, 7) is 3.26. The summed E-state index contributed by atoms with van der Waals surface area (Å²) in [4.78, 5) is 18.0. The molecule has 6 rings (SSSR count). The number of aliphatic hydroxyl groups is 1. The van der Waals surface area contributed by atoms with Crippen LogP contribution < -0.4 is 0 Å². The molecule has 0 aliphatic heterocycles. The first-order valence-corrected chi connectivity index (χ1v) is 13.4. The summed E-state index contributed by atoms with van der Waals surface area (Å²) in [6, 6.07) is 3.92. The molecule has 1 unspecified atom stereocenters. The van der Waals surface area contributed by atoms with Crippen LogP contribution in [0.5, 0.6) is 0 Å². The van der Waals surface area contributed by atoms with Crippen LogP contribution in [0.4, 0.5) is 0 Å². The van der Waals surface area contributed by atoms with Crippen molar-refractivity contribution in [2.24, 2.45) is 40.9 Å². The van der Waals surface area contributed by atoms with Gasteiger partial charge in [0.25, 0.3) is 0 Å². The zero-order valence-electron chi connectivity index (χ0n) is 20.7. The molecule has 2 aromatic rings. The van der Waals surface area contributed by atoms with Gasteiger partial charge in [0, 0.05) is 19.2 Å². The molecule has 184 valence electrons. The number of hydrogen-bond acceptors (Lipinski definition) is 5. The van der Waals surface area contributed by atoms with E-state index in [1.165, 1.54) is 32.1 Å². The van der Waals surface area contributed by atoms with E-state index in [0.29, 0.717) is 30.8 Å². The minimum atomic E-state index is -0.622. The van der Waals surface area contributed by atoms with Crippen molar-refractivity contribution in [3.05, 3.63) is 24.5 Å². The Morgan fingerprint density at radius 3 is 2.85 bits per heavy atom. The van der Waals surface area contributed by atoms with Gasteiger partial charge in [-0.2, -0.15) is 5.10 Å². The molecule has 0 aromatic carbocycles.